The molecule has 4 N–H and O–H groups in total. The number of carbonyl (C=O) groups is 1. The van der Waals surface area contributed by atoms with Crippen LogP contribution in [-0.4, -0.2) is 44.7 Å². The van der Waals surface area contributed by atoms with Crippen LogP contribution in [0.2, 0.25) is 5.02 Å². The fourth-order valence-corrected chi connectivity index (χ4v) is 5.43. The highest BCUT2D eigenvalue weighted by atomic mass is 35.5. The predicted octanol–water partition coefficient (Wildman–Crippen LogP) is 4.95. The first-order valence-electron chi connectivity index (χ1n) is 12.4. The monoisotopic (exact) mass is 533 g/mol. The van der Waals surface area contributed by atoms with Crippen molar-refractivity contribution in [2.45, 2.75) is 58.0 Å². The molecule has 198 valence electrons. The number of ether oxygens (including phenoxy) is 1. The third kappa shape index (κ3) is 5.19. The van der Waals surface area contributed by atoms with Gasteiger partial charge in [-0.3, -0.25) is 9.36 Å². The number of imidazole rings is 1. The Hall–Kier alpha value is -3.05. The molecule has 1 atom stereocenters. The van der Waals surface area contributed by atoms with Gasteiger partial charge in [-0.2, -0.15) is 4.98 Å². The number of anilines is 3. The molecule has 1 saturated heterocycles. The lowest BCUT2D eigenvalue weighted by atomic mass is 9.82. The molecule has 37 heavy (non-hydrogen) atoms. The summed E-state index contributed by atoms with van der Waals surface area (Å²) in [5.41, 5.74) is 6.07. The Bertz CT molecular complexity index is 1300. The van der Waals surface area contributed by atoms with Gasteiger partial charge in [0, 0.05) is 35.0 Å². The number of amides is 1. The number of benzene rings is 1. The summed E-state index contributed by atoms with van der Waals surface area (Å²) in [7, 11) is 0. The smallest absolute Gasteiger partial charge is 0.225 e. The van der Waals surface area contributed by atoms with E-state index in [0.29, 0.717) is 56.0 Å². The van der Waals surface area contributed by atoms with E-state index in [1.807, 2.05) is 4.57 Å². The molecule has 1 amide bonds. The van der Waals surface area contributed by atoms with Crippen LogP contribution < -0.4 is 16.4 Å². The van der Waals surface area contributed by atoms with Crippen molar-refractivity contribution in [3.05, 3.63) is 35.0 Å². The van der Waals surface area contributed by atoms with Gasteiger partial charge < -0.3 is 21.1 Å². The van der Waals surface area contributed by atoms with Crippen molar-refractivity contribution in [2.75, 3.05) is 23.8 Å². The van der Waals surface area contributed by atoms with Gasteiger partial charge in [0.05, 0.1) is 12.8 Å². The van der Waals surface area contributed by atoms with Gasteiger partial charge in [-0.05, 0) is 44.2 Å². The first-order chi connectivity index (χ1) is 17.6. The van der Waals surface area contributed by atoms with E-state index in [0.717, 1.165) is 18.6 Å². The fraction of sp³-hybridized carbons (Fsp3) is 0.520. The van der Waals surface area contributed by atoms with Crippen molar-refractivity contribution >= 4 is 46.3 Å². The molecular formula is C25H30ClF2N7O2. The first-order valence-corrected chi connectivity index (χ1v) is 12.8. The summed E-state index contributed by atoms with van der Waals surface area (Å²) in [5, 5.41) is 6.21. The molecule has 0 unspecified atom stereocenters. The lowest BCUT2D eigenvalue weighted by Crippen LogP contribution is -2.44. The number of hydrogen-bond donors (Lipinski definition) is 3. The second-order valence-electron chi connectivity index (χ2n) is 10.5. The summed E-state index contributed by atoms with van der Waals surface area (Å²) in [6, 6.07) is 2.07. The Balaban J connectivity index is 1.53. The van der Waals surface area contributed by atoms with E-state index in [-0.39, 0.29) is 46.0 Å². The molecule has 1 saturated carbocycles. The van der Waals surface area contributed by atoms with Crippen molar-refractivity contribution in [3.8, 4) is 0 Å². The van der Waals surface area contributed by atoms with Crippen LogP contribution in [-0.2, 0) is 9.53 Å². The molecule has 0 spiro atoms. The van der Waals surface area contributed by atoms with Crippen LogP contribution in [0.25, 0.3) is 11.2 Å². The average Bonchev–Trinajstić information content (AvgIpc) is 3.20. The number of rotatable bonds is 6. The summed E-state index contributed by atoms with van der Waals surface area (Å²) in [4.78, 5) is 25.5. The number of fused-ring (bicyclic) bond motifs is 1. The van der Waals surface area contributed by atoms with Gasteiger partial charge in [0.25, 0.3) is 0 Å². The van der Waals surface area contributed by atoms with Gasteiger partial charge in [0.2, 0.25) is 17.8 Å². The minimum atomic E-state index is -0.837. The summed E-state index contributed by atoms with van der Waals surface area (Å²) < 4.78 is 36.8. The van der Waals surface area contributed by atoms with Crippen LogP contribution in [0.15, 0.2) is 18.3 Å². The Morgan fingerprint density at radius 2 is 1.86 bits per heavy atom. The van der Waals surface area contributed by atoms with E-state index in [1.54, 1.807) is 6.20 Å². The molecule has 3 aromatic rings. The SMILES string of the molecule is CC1(C)COCC[C@H]1Nc1ncc2nc(Nc3c(F)cc(Cl)cc3F)n([C@H]3CC[C@@H](C(N)=O)CC3)c2n1. The van der Waals surface area contributed by atoms with Gasteiger partial charge in [-0.25, -0.2) is 18.7 Å². The average molecular weight is 534 g/mol. The largest absolute Gasteiger partial charge is 0.381 e. The molecule has 9 nitrogen and oxygen atoms in total. The van der Waals surface area contributed by atoms with Crippen molar-refractivity contribution in [3.63, 3.8) is 0 Å². The zero-order chi connectivity index (χ0) is 26.3. The third-order valence-electron chi connectivity index (χ3n) is 7.41. The van der Waals surface area contributed by atoms with Crippen LogP contribution in [0.5, 0.6) is 0 Å². The van der Waals surface area contributed by atoms with E-state index in [2.05, 4.69) is 34.4 Å². The van der Waals surface area contributed by atoms with Crippen LogP contribution in [0.4, 0.5) is 26.4 Å². The molecule has 2 fully saturated rings. The highest BCUT2D eigenvalue weighted by Crippen LogP contribution is 2.38. The first kappa shape index (κ1) is 25.6. The topological polar surface area (TPSA) is 120 Å². The van der Waals surface area contributed by atoms with Crippen LogP contribution in [0.3, 0.4) is 0 Å². The molecule has 0 radical (unpaired) electrons. The van der Waals surface area contributed by atoms with Crippen LogP contribution in [0, 0.1) is 23.0 Å². The highest BCUT2D eigenvalue weighted by Gasteiger charge is 2.34. The molecule has 5 rings (SSSR count). The summed E-state index contributed by atoms with van der Waals surface area (Å²) in [6.45, 7) is 5.53. The maximum absolute atomic E-state index is 14.6. The molecule has 1 aliphatic carbocycles. The van der Waals surface area contributed by atoms with Crippen molar-refractivity contribution in [1.82, 2.24) is 19.5 Å². The molecule has 2 aromatic heterocycles. The van der Waals surface area contributed by atoms with E-state index < -0.39 is 11.6 Å². The minimum Gasteiger partial charge on any atom is -0.381 e. The Labute approximate surface area is 218 Å². The molecule has 1 aliphatic heterocycles. The Kier molecular flexibility index (Phi) is 6.93. The normalized spacial score (nSPS) is 23.6. The van der Waals surface area contributed by atoms with Gasteiger partial charge in [-0.1, -0.05) is 25.4 Å². The van der Waals surface area contributed by atoms with Gasteiger partial charge >= 0.3 is 0 Å². The maximum atomic E-state index is 14.6. The number of hydrogen-bond acceptors (Lipinski definition) is 7. The van der Waals surface area contributed by atoms with E-state index in [1.165, 1.54) is 0 Å². The number of nitrogens with two attached hydrogens (primary N) is 1. The van der Waals surface area contributed by atoms with Gasteiger partial charge in [-0.15, -0.1) is 0 Å². The third-order valence-corrected chi connectivity index (χ3v) is 7.63. The standard InChI is InChI=1S/C25H30ClF2N7O2/c1-25(2)12-37-8-7-19(25)32-23-30-11-18-22(34-23)35(15-5-3-13(4-6-15)21(29)36)24(31-18)33-20-16(27)9-14(26)10-17(20)28/h9-11,13,15,19H,3-8,12H2,1-2H3,(H2,29,36)(H,31,33)(H,30,32,34)/t13-,15+,19-/m1/s1. The van der Waals surface area contributed by atoms with Gasteiger partial charge in [0.15, 0.2) is 17.3 Å². The zero-order valence-corrected chi connectivity index (χ0v) is 21.5. The zero-order valence-electron chi connectivity index (χ0n) is 20.7. The quantitative estimate of drug-likeness (QED) is 0.410. The lowest BCUT2D eigenvalue weighted by molar-refractivity contribution is -0.122. The molecule has 12 heteroatoms. The van der Waals surface area contributed by atoms with Crippen LogP contribution >= 0.6 is 11.6 Å². The minimum absolute atomic E-state index is 0.0450. The predicted molar refractivity (Wildman–Crippen MR) is 137 cm³/mol. The summed E-state index contributed by atoms with van der Waals surface area (Å²) >= 11 is 5.80. The molecular weight excluding hydrogens is 504 g/mol. The molecule has 2 aliphatic rings. The summed E-state index contributed by atoms with van der Waals surface area (Å²) in [5.74, 6) is -1.51. The number of halogens is 3. The van der Waals surface area contributed by atoms with E-state index in [9.17, 15) is 13.6 Å². The maximum Gasteiger partial charge on any atom is 0.225 e. The second-order valence-corrected chi connectivity index (χ2v) is 10.9. The molecule has 1 aromatic carbocycles. The van der Waals surface area contributed by atoms with E-state index >= 15 is 0 Å². The van der Waals surface area contributed by atoms with Crippen molar-refractivity contribution < 1.29 is 18.3 Å². The number of carbonyl (C=O) groups excluding carboxylic acids is 1. The number of nitrogens with one attached hydrogen (secondary N) is 2. The number of primary amides is 1. The van der Waals surface area contributed by atoms with Crippen molar-refractivity contribution in [2.24, 2.45) is 17.1 Å². The Morgan fingerprint density at radius 3 is 2.51 bits per heavy atom. The van der Waals surface area contributed by atoms with Crippen LogP contribution in [0.1, 0.15) is 52.0 Å². The van der Waals surface area contributed by atoms with E-state index in [4.69, 9.17) is 27.1 Å². The second kappa shape index (κ2) is 10.0. The Morgan fingerprint density at radius 1 is 1.16 bits per heavy atom. The van der Waals surface area contributed by atoms with Gasteiger partial charge in [0.1, 0.15) is 11.2 Å². The number of aromatic nitrogens is 4. The lowest BCUT2D eigenvalue weighted by Gasteiger charge is -2.38. The number of nitrogens with zero attached hydrogens (tertiary/aromatic N) is 4. The summed E-state index contributed by atoms with van der Waals surface area (Å²) in [6.07, 6.45) is 4.90. The molecule has 0 bridgehead atoms. The fourth-order valence-electron chi connectivity index (χ4n) is 5.24. The van der Waals surface area contributed by atoms with Crippen molar-refractivity contribution in [1.29, 1.82) is 0 Å². The highest BCUT2D eigenvalue weighted by molar-refractivity contribution is 6.30. The molecule has 3 heterocycles.